The molecule has 1 N–H and O–H groups in total. The fourth-order valence-corrected chi connectivity index (χ4v) is 2.85. The molecule has 0 aliphatic rings. The third-order valence-corrected chi connectivity index (χ3v) is 4.35. The first-order valence-corrected chi connectivity index (χ1v) is 9.85. The summed E-state index contributed by atoms with van der Waals surface area (Å²) in [4.78, 5) is 25.3. The molecule has 3 aromatic rings. The van der Waals surface area contributed by atoms with Crippen molar-refractivity contribution in [1.82, 2.24) is 5.16 Å². The molecule has 0 fully saturated rings. The maximum absolute atomic E-state index is 12.8. The van der Waals surface area contributed by atoms with Crippen molar-refractivity contribution in [3.63, 3.8) is 0 Å². The van der Waals surface area contributed by atoms with Gasteiger partial charge in [0, 0.05) is 17.7 Å². The molecule has 1 heterocycles. The molecule has 1 atom stereocenters. The number of esters is 1. The zero-order chi connectivity index (χ0) is 23.6. The highest BCUT2D eigenvalue weighted by Gasteiger charge is 2.25. The molecule has 168 valence electrons. The Kier molecular flexibility index (Phi) is 7.81. The standard InChI is InChI=1S/C24H21N3O6/c1-16-14-21(27-33-16)26-24(29)23(18-6-4-3-5-7-18)32-22(28)11-9-17-8-10-19(31-13-12-25)20(15-17)30-2/h3-11,14-15,23H,13H2,1-2H3,(H,26,27,29)/b11-9+. The average molecular weight is 447 g/mol. The Labute approximate surface area is 190 Å². The van der Waals surface area contributed by atoms with E-state index in [0.29, 0.717) is 28.4 Å². The van der Waals surface area contributed by atoms with Crippen molar-refractivity contribution in [2.24, 2.45) is 0 Å². The van der Waals surface area contributed by atoms with E-state index in [1.54, 1.807) is 61.5 Å². The van der Waals surface area contributed by atoms with Crippen LogP contribution in [0.4, 0.5) is 5.82 Å². The van der Waals surface area contributed by atoms with Crippen LogP contribution in [0.5, 0.6) is 11.5 Å². The minimum atomic E-state index is -1.20. The maximum Gasteiger partial charge on any atom is 0.331 e. The molecule has 9 heteroatoms. The van der Waals surface area contributed by atoms with Crippen molar-refractivity contribution in [1.29, 1.82) is 5.26 Å². The molecule has 0 radical (unpaired) electrons. The lowest BCUT2D eigenvalue weighted by atomic mass is 10.1. The van der Waals surface area contributed by atoms with E-state index in [1.165, 1.54) is 19.3 Å². The molecule has 9 nitrogen and oxygen atoms in total. The maximum atomic E-state index is 12.8. The van der Waals surface area contributed by atoms with Crippen molar-refractivity contribution in [3.05, 3.63) is 77.6 Å². The number of methoxy groups -OCH3 is 1. The van der Waals surface area contributed by atoms with E-state index in [9.17, 15) is 9.59 Å². The Bertz CT molecular complexity index is 1180. The Morgan fingerprint density at radius 1 is 1.18 bits per heavy atom. The minimum absolute atomic E-state index is 0.116. The van der Waals surface area contributed by atoms with Gasteiger partial charge in [0.05, 0.1) is 7.11 Å². The highest BCUT2D eigenvalue weighted by atomic mass is 16.5. The molecule has 3 rings (SSSR count). The molecule has 0 bridgehead atoms. The van der Waals surface area contributed by atoms with Gasteiger partial charge in [-0.2, -0.15) is 5.26 Å². The van der Waals surface area contributed by atoms with E-state index >= 15 is 0 Å². The average Bonchev–Trinajstić information content (AvgIpc) is 3.24. The molecule has 0 aliphatic heterocycles. The van der Waals surface area contributed by atoms with E-state index in [4.69, 9.17) is 24.0 Å². The first-order valence-electron chi connectivity index (χ1n) is 9.85. The van der Waals surface area contributed by atoms with Crippen LogP contribution in [0.1, 0.15) is 23.0 Å². The molecular formula is C24H21N3O6. The third-order valence-electron chi connectivity index (χ3n) is 4.35. The Morgan fingerprint density at radius 2 is 1.97 bits per heavy atom. The zero-order valence-electron chi connectivity index (χ0n) is 18.0. The number of nitrogens with one attached hydrogen (secondary N) is 1. The summed E-state index contributed by atoms with van der Waals surface area (Å²) in [6.07, 6.45) is 1.52. The van der Waals surface area contributed by atoms with Gasteiger partial charge in [0.2, 0.25) is 6.10 Å². The van der Waals surface area contributed by atoms with Gasteiger partial charge in [0.25, 0.3) is 5.91 Å². The predicted octanol–water partition coefficient (Wildman–Crippen LogP) is 3.83. The minimum Gasteiger partial charge on any atom is -0.493 e. The molecule has 2 aromatic carbocycles. The summed E-state index contributed by atoms with van der Waals surface area (Å²) in [5.74, 6) is 0.265. The number of aromatic nitrogens is 1. The first kappa shape index (κ1) is 23.1. The summed E-state index contributed by atoms with van der Waals surface area (Å²) in [6.45, 7) is 1.58. The van der Waals surface area contributed by atoms with Crippen molar-refractivity contribution in [3.8, 4) is 17.6 Å². The van der Waals surface area contributed by atoms with E-state index in [1.807, 2.05) is 6.07 Å². The van der Waals surface area contributed by atoms with Crippen LogP contribution in [0.15, 0.2) is 65.2 Å². The largest absolute Gasteiger partial charge is 0.493 e. The van der Waals surface area contributed by atoms with E-state index in [-0.39, 0.29) is 12.4 Å². The van der Waals surface area contributed by atoms with Gasteiger partial charge in [0.15, 0.2) is 23.9 Å². The molecule has 1 unspecified atom stereocenters. The van der Waals surface area contributed by atoms with Crippen LogP contribution in [0.25, 0.3) is 6.08 Å². The van der Waals surface area contributed by atoms with Crippen molar-refractivity contribution in [2.45, 2.75) is 13.0 Å². The van der Waals surface area contributed by atoms with Gasteiger partial charge in [-0.25, -0.2) is 4.79 Å². The smallest absolute Gasteiger partial charge is 0.331 e. The highest BCUT2D eigenvalue weighted by Crippen LogP contribution is 2.28. The lowest BCUT2D eigenvalue weighted by molar-refractivity contribution is -0.149. The van der Waals surface area contributed by atoms with Gasteiger partial charge in [-0.3, -0.25) is 4.79 Å². The number of hydrogen-bond acceptors (Lipinski definition) is 8. The monoisotopic (exact) mass is 447 g/mol. The Balaban J connectivity index is 1.73. The molecular weight excluding hydrogens is 426 g/mol. The van der Waals surface area contributed by atoms with Crippen LogP contribution in [0, 0.1) is 18.3 Å². The lowest BCUT2D eigenvalue weighted by Crippen LogP contribution is -2.25. The number of anilines is 1. The number of carbonyl (C=O) groups excluding carboxylic acids is 2. The molecule has 1 amide bonds. The normalized spacial score (nSPS) is 11.4. The number of aryl methyl sites for hydroxylation is 1. The predicted molar refractivity (Wildman–Crippen MR) is 118 cm³/mol. The second-order valence-electron chi connectivity index (χ2n) is 6.73. The number of rotatable bonds is 9. The van der Waals surface area contributed by atoms with Crippen LogP contribution in [0.3, 0.4) is 0 Å². The first-order chi connectivity index (χ1) is 16.0. The molecule has 0 saturated carbocycles. The molecule has 0 spiro atoms. The molecule has 1 aromatic heterocycles. The summed E-state index contributed by atoms with van der Waals surface area (Å²) in [6, 6.07) is 17.0. The van der Waals surface area contributed by atoms with Crippen LogP contribution in [0.2, 0.25) is 0 Å². The van der Waals surface area contributed by atoms with E-state index in [2.05, 4.69) is 10.5 Å². The molecule has 0 saturated heterocycles. The number of amides is 1. The van der Waals surface area contributed by atoms with Crippen LogP contribution >= 0.6 is 0 Å². The summed E-state index contributed by atoms with van der Waals surface area (Å²) in [5, 5.41) is 15.0. The van der Waals surface area contributed by atoms with Crippen molar-refractivity contribution in [2.75, 3.05) is 19.0 Å². The topological polar surface area (TPSA) is 124 Å². The van der Waals surface area contributed by atoms with Crippen molar-refractivity contribution < 1.29 is 28.3 Å². The number of ether oxygens (including phenoxy) is 3. The lowest BCUT2D eigenvalue weighted by Gasteiger charge is -2.16. The van der Waals surface area contributed by atoms with Crippen molar-refractivity contribution >= 4 is 23.8 Å². The van der Waals surface area contributed by atoms with Gasteiger partial charge >= 0.3 is 5.97 Å². The zero-order valence-corrected chi connectivity index (χ0v) is 18.0. The molecule has 33 heavy (non-hydrogen) atoms. The van der Waals surface area contributed by atoms with Crippen LogP contribution in [-0.2, 0) is 14.3 Å². The van der Waals surface area contributed by atoms with Crippen LogP contribution in [-0.4, -0.2) is 30.7 Å². The summed E-state index contributed by atoms with van der Waals surface area (Å²) < 4.78 is 20.9. The summed E-state index contributed by atoms with van der Waals surface area (Å²) in [5.41, 5.74) is 1.13. The van der Waals surface area contributed by atoms with E-state index < -0.39 is 18.0 Å². The Morgan fingerprint density at radius 3 is 2.64 bits per heavy atom. The van der Waals surface area contributed by atoms with Gasteiger partial charge in [0.1, 0.15) is 11.8 Å². The van der Waals surface area contributed by atoms with Gasteiger partial charge < -0.3 is 24.1 Å². The number of benzene rings is 2. The highest BCUT2D eigenvalue weighted by molar-refractivity contribution is 5.97. The van der Waals surface area contributed by atoms with Gasteiger partial charge in [-0.15, -0.1) is 0 Å². The molecule has 0 aliphatic carbocycles. The number of nitrogens with zero attached hydrogens (tertiary/aromatic N) is 2. The quantitative estimate of drug-likeness (QED) is 0.388. The summed E-state index contributed by atoms with van der Waals surface area (Å²) in [7, 11) is 1.47. The van der Waals surface area contributed by atoms with E-state index in [0.717, 1.165) is 0 Å². The second kappa shape index (κ2) is 11.2. The summed E-state index contributed by atoms with van der Waals surface area (Å²) >= 11 is 0. The number of carbonyl (C=O) groups is 2. The van der Waals surface area contributed by atoms with Gasteiger partial charge in [-0.05, 0) is 30.7 Å². The Hall–Kier alpha value is -4.58. The fraction of sp³-hybridized carbons (Fsp3) is 0.167. The van der Waals surface area contributed by atoms with Crippen LogP contribution < -0.4 is 14.8 Å². The van der Waals surface area contributed by atoms with Gasteiger partial charge in [-0.1, -0.05) is 41.6 Å². The number of nitriles is 1. The second-order valence-corrected chi connectivity index (χ2v) is 6.73. The SMILES string of the molecule is COc1cc(/C=C/C(=O)OC(C(=O)Nc2cc(C)on2)c2ccccc2)ccc1OCC#N. The fourth-order valence-electron chi connectivity index (χ4n) is 2.85. The number of hydrogen-bond donors (Lipinski definition) is 1. The third kappa shape index (κ3) is 6.45.